The van der Waals surface area contributed by atoms with E-state index in [9.17, 15) is 14.4 Å². The lowest BCUT2D eigenvalue weighted by atomic mass is 10.1. The van der Waals surface area contributed by atoms with Crippen LogP contribution in [0, 0.1) is 0 Å². The summed E-state index contributed by atoms with van der Waals surface area (Å²) in [4.78, 5) is 43.3. The van der Waals surface area contributed by atoms with Crippen LogP contribution < -0.4 is 0 Å². The van der Waals surface area contributed by atoms with E-state index >= 15 is 0 Å². The van der Waals surface area contributed by atoms with Crippen molar-refractivity contribution in [2.75, 3.05) is 20.4 Å². The maximum absolute atomic E-state index is 12.9. The molecule has 1 rings (SSSR count). The van der Waals surface area contributed by atoms with Crippen molar-refractivity contribution < 1.29 is 33.3 Å². The molecule has 0 saturated carbocycles. The molecule has 0 aliphatic heterocycles. The number of nitrogens with zero attached hydrogens (tertiary/aromatic N) is 3. The standard InChI is InChI=1S/C22H37N3O7/c1-9-10-11-30-18(26)17(25(15-29-8)20(28)32-22(5,6)7)12-16-13-24(14-23-16)19(27)31-21(2,3)4/h13-14,17H,9-12,15H2,1-8H3/t17-/m0/s1. The lowest BCUT2D eigenvalue weighted by Crippen LogP contribution is -2.49. The summed E-state index contributed by atoms with van der Waals surface area (Å²) in [7, 11) is 1.41. The maximum atomic E-state index is 12.9. The van der Waals surface area contributed by atoms with Gasteiger partial charge in [0.15, 0.2) is 0 Å². The number of unbranched alkanes of at least 4 members (excludes halogenated alkanes) is 1. The molecule has 1 aromatic heterocycles. The second-order valence-electron chi connectivity index (χ2n) is 9.36. The number of imidazole rings is 1. The van der Waals surface area contributed by atoms with E-state index in [2.05, 4.69) is 4.98 Å². The molecule has 1 aromatic rings. The van der Waals surface area contributed by atoms with E-state index < -0.39 is 35.4 Å². The summed E-state index contributed by atoms with van der Waals surface area (Å²) in [5, 5.41) is 0. The molecule has 0 aliphatic rings. The Balaban J connectivity index is 3.14. The zero-order valence-corrected chi connectivity index (χ0v) is 20.5. The van der Waals surface area contributed by atoms with E-state index in [1.165, 1.54) is 24.2 Å². The van der Waals surface area contributed by atoms with Crippen LogP contribution in [0.5, 0.6) is 0 Å². The summed E-state index contributed by atoms with van der Waals surface area (Å²) in [6.45, 7) is 12.5. The van der Waals surface area contributed by atoms with Crippen molar-refractivity contribution in [2.45, 2.75) is 85.0 Å². The Kier molecular flexibility index (Phi) is 10.1. The number of methoxy groups -OCH3 is 1. The number of carbonyl (C=O) groups excluding carboxylic acids is 3. The van der Waals surface area contributed by atoms with E-state index in [0.29, 0.717) is 12.1 Å². The molecule has 0 aromatic carbocycles. The number of amides is 1. The Morgan fingerprint density at radius 2 is 1.72 bits per heavy atom. The molecule has 1 heterocycles. The fraction of sp³-hybridized carbons (Fsp3) is 0.727. The molecular weight excluding hydrogens is 418 g/mol. The molecule has 1 amide bonds. The largest absolute Gasteiger partial charge is 0.464 e. The molecule has 0 fully saturated rings. The second-order valence-corrected chi connectivity index (χ2v) is 9.36. The SMILES string of the molecule is CCCCOC(=O)[C@H](Cc1cn(C(=O)OC(C)(C)C)cn1)N(COC)C(=O)OC(C)(C)C. The van der Waals surface area contributed by atoms with E-state index in [-0.39, 0.29) is 19.8 Å². The molecular formula is C22H37N3O7. The maximum Gasteiger partial charge on any atom is 0.419 e. The third-order valence-corrected chi connectivity index (χ3v) is 3.93. The number of rotatable bonds is 9. The van der Waals surface area contributed by atoms with Gasteiger partial charge in [-0.05, 0) is 48.0 Å². The van der Waals surface area contributed by atoms with Gasteiger partial charge in [0.2, 0.25) is 0 Å². The minimum Gasteiger partial charge on any atom is -0.464 e. The van der Waals surface area contributed by atoms with Gasteiger partial charge in [0.05, 0.1) is 12.3 Å². The van der Waals surface area contributed by atoms with E-state index in [4.69, 9.17) is 18.9 Å². The zero-order chi connectivity index (χ0) is 24.5. The van der Waals surface area contributed by atoms with Gasteiger partial charge in [0.25, 0.3) is 0 Å². The predicted molar refractivity (Wildman–Crippen MR) is 117 cm³/mol. The fourth-order valence-corrected chi connectivity index (χ4v) is 2.55. The average molecular weight is 456 g/mol. The van der Waals surface area contributed by atoms with Gasteiger partial charge >= 0.3 is 18.2 Å². The van der Waals surface area contributed by atoms with Crippen molar-refractivity contribution in [1.82, 2.24) is 14.5 Å². The predicted octanol–water partition coefficient (Wildman–Crippen LogP) is 3.76. The monoisotopic (exact) mass is 455 g/mol. The van der Waals surface area contributed by atoms with Crippen LogP contribution in [-0.4, -0.2) is 70.3 Å². The first-order valence-electron chi connectivity index (χ1n) is 10.7. The van der Waals surface area contributed by atoms with E-state index in [1.54, 1.807) is 41.5 Å². The quantitative estimate of drug-likeness (QED) is 0.240. The molecule has 0 N–H and O–H groups in total. The van der Waals surface area contributed by atoms with Gasteiger partial charge in [-0.3, -0.25) is 4.90 Å². The van der Waals surface area contributed by atoms with Crippen LogP contribution in [0.4, 0.5) is 9.59 Å². The molecule has 0 radical (unpaired) electrons. The van der Waals surface area contributed by atoms with Crippen LogP contribution in [0.1, 0.15) is 67.0 Å². The van der Waals surface area contributed by atoms with Crippen LogP contribution in [0.25, 0.3) is 0 Å². The zero-order valence-electron chi connectivity index (χ0n) is 20.5. The van der Waals surface area contributed by atoms with Crippen LogP contribution in [0.2, 0.25) is 0 Å². The molecule has 0 saturated heterocycles. The first-order chi connectivity index (χ1) is 14.8. The summed E-state index contributed by atoms with van der Waals surface area (Å²) in [6.07, 6.45) is 3.00. The first-order valence-corrected chi connectivity index (χ1v) is 10.7. The number of carbonyl (C=O) groups is 3. The average Bonchev–Trinajstić information content (AvgIpc) is 3.10. The third kappa shape index (κ3) is 9.67. The summed E-state index contributed by atoms with van der Waals surface area (Å²) in [5.41, 5.74) is -1.03. The van der Waals surface area contributed by atoms with Crippen molar-refractivity contribution in [3.63, 3.8) is 0 Å². The third-order valence-electron chi connectivity index (χ3n) is 3.93. The highest BCUT2D eigenvalue weighted by Crippen LogP contribution is 2.17. The summed E-state index contributed by atoms with van der Waals surface area (Å²) < 4.78 is 22.5. The van der Waals surface area contributed by atoms with Gasteiger partial charge in [-0.1, -0.05) is 13.3 Å². The van der Waals surface area contributed by atoms with Gasteiger partial charge in [0, 0.05) is 19.7 Å². The van der Waals surface area contributed by atoms with Crippen molar-refractivity contribution in [1.29, 1.82) is 0 Å². The topological polar surface area (TPSA) is 109 Å². The van der Waals surface area contributed by atoms with Gasteiger partial charge in [-0.15, -0.1) is 0 Å². The van der Waals surface area contributed by atoms with E-state index in [1.807, 2.05) is 6.92 Å². The highest BCUT2D eigenvalue weighted by molar-refractivity contribution is 5.82. The van der Waals surface area contributed by atoms with Crippen molar-refractivity contribution in [3.05, 3.63) is 18.2 Å². The molecule has 0 bridgehead atoms. The fourth-order valence-electron chi connectivity index (χ4n) is 2.55. The minimum absolute atomic E-state index is 0.00333. The van der Waals surface area contributed by atoms with Crippen molar-refractivity contribution in [3.8, 4) is 0 Å². The molecule has 10 nitrogen and oxygen atoms in total. The Morgan fingerprint density at radius 3 is 2.25 bits per heavy atom. The Labute approximate surface area is 190 Å². The summed E-state index contributed by atoms with van der Waals surface area (Å²) >= 11 is 0. The Bertz CT molecular complexity index is 762. The highest BCUT2D eigenvalue weighted by Gasteiger charge is 2.35. The smallest absolute Gasteiger partial charge is 0.419 e. The summed E-state index contributed by atoms with van der Waals surface area (Å²) in [6, 6.07) is -1.05. The normalized spacial score (nSPS) is 12.8. The number of hydrogen-bond donors (Lipinski definition) is 0. The minimum atomic E-state index is -1.05. The molecule has 32 heavy (non-hydrogen) atoms. The molecule has 0 aliphatic carbocycles. The Morgan fingerprint density at radius 1 is 1.09 bits per heavy atom. The van der Waals surface area contributed by atoms with Crippen LogP contribution >= 0.6 is 0 Å². The van der Waals surface area contributed by atoms with Crippen LogP contribution in [0.3, 0.4) is 0 Å². The first kappa shape index (κ1) is 27.4. The lowest BCUT2D eigenvalue weighted by molar-refractivity contribution is -0.152. The molecule has 0 spiro atoms. The molecule has 10 heteroatoms. The second kappa shape index (κ2) is 11.8. The number of ether oxygens (including phenoxy) is 4. The number of aromatic nitrogens is 2. The van der Waals surface area contributed by atoms with E-state index in [0.717, 1.165) is 11.3 Å². The number of esters is 1. The lowest BCUT2D eigenvalue weighted by Gasteiger charge is -2.31. The van der Waals surface area contributed by atoms with Gasteiger partial charge < -0.3 is 18.9 Å². The highest BCUT2D eigenvalue weighted by atomic mass is 16.6. The molecule has 1 atom stereocenters. The van der Waals surface area contributed by atoms with Crippen LogP contribution in [0.15, 0.2) is 12.5 Å². The van der Waals surface area contributed by atoms with Crippen molar-refractivity contribution >= 4 is 18.2 Å². The van der Waals surface area contributed by atoms with Gasteiger partial charge in [-0.25, -0.2) is 23.9 Å². The van der Waals surface area contributed by atoms with Gasteiger partial charge in [-0.2, -0.15) is 0 Å². The van der Waals surface area contributed by atoms with Gasteiger partial charge in [0.1, 0.15) is 30.3 Å². The molecule has 182 valence electrons. The Hall–Kier alpha value is -2.62. The van der Waals surface area contributed by atoms with Crippen molar-refractivity contribution in [2.24, 2.45) is 0 Å². The number of hydrogen-bond acceptors (Lipinski definition) is 8. The van der Waals surface area contributed by atoms with Crippen LogP contribution in [-0.2, 0) is 30.2 Å². The summed E-state index contributed by atoms with van der Waals surface area (Å²) in [5.74, 6) is -0.604. The molecule has 0 unspecified atom stereocenters.